The number of methoxy groups -OCH3 is 1. The summed E-state index contributed by atoms with van der Waals surface area (Å²) in [6.07, 6.45) is 0.339. The smallest absolute Gasteiger partial charge is 0.305 e. The number of ether oxygens (including phenoxy) is 2. The number of benzene rings is 1. The summed E-state index contributed by atoms with van der Waals surface area (Å²) in [6, 6.07) is 6.68. The first kappa shape index (κ1) is 18.3. The van der Waals surface area contributed by atoms with Crippen LogP contribution in [0.15, 0.2) is 24.3 Å². The van der Waals surface area contributed by atoms with E-state index in [1.165, 1.54) is 0 Å². The summed E-state index contributed by atoms with van der Waals surface area (Å²) in [6.45, 7) is 5.10. The average Bonchev–Trinajstić information content (AvgIpc) is 2.94. The van der Waals surface area contributed by atoms with E-state index in [0.717, 1.165) is 0 Å². The number of carboxylic acids is 1. The molecule has 132 valence electrons. The van der Waals surface area contributed by atoms with Gasteiger partial charge in [0.1, 0.15) is 5.75 Å². The first-order valence-electron chi connectivity index (χ1n) is 8.19. The van der Waals surface area contributed by atoms with Crippen molar-refractivity contribution < 1.29 is 24.2 Å². The Labute approximate surface area is 142 Å². The molecule has 1 heterocycles. The normalized spacial score (nSPS) is 20.4. The molecule has 24 heavy (non-hydrogen) atoms. The zero-order valence-electron chi connectivity index (χ0n) is 14.4. The van der Waals surface area contributed by atoms with Gasteiger partial charge in [-0.05, 0) is 30.5 Å². The van der Waals surface area contributed by atoms with Crippen LogP contribution in [0.25, 0.3) is 0 Å². The zero-order valence-corrected chi connectivity index (χ0v) is 14.4. The summed E-state index contributed by atoms with van der Waals surface area (Å²) in [4.78, 5) is 25.5. The summed E-state index contributed by atoms with van der Waals surface area (Å²) in [7, 11) is 1.58. The second kappa shape index (κ2) is 8.15. The highest BCUT2D eigenvalue weighted by atomic mass is 16.5. The first-order valence-corrected chi connectivity index (χ1v) is 8.19. The fourth-order valence-electron chi connectivity index (χ4n) is 2.84. The number of nitrogens with zero attached hydrogens (tertiary/aromatic N) is 1. The number of likely N-dealkylation sites (tertiary alicyclic amines) is 1. The van der Waals surface area contributed by atoms with Gasteiger partial charge in [0.15, 0.2) is 0 Å². The van der Waals surface area contributed by atoms with Crippen molar-refractivity contribution in [3.8, 4) is 5.75 Å². The molecule has 2 atom stereocenters. The molecule has 1 aliphatic rings. The Morgan fingerprint density at radius 2 is 2.12 bits per heavy atom. The van der Waals surface area contributed by atoms with Crippen molar-refractivity contribution in [2.24, 2.45) is 5.92 Å². The van der Waals surface area contributed by atoms with Crippen molar-refractivity contribution in [1.29, 1.82) is 0 Å². The Morgan fingerprint density at radius 3 is 2.75 bits per heavy atom. The number of carbonyl (C=O) groups is 2. The van der Waals surface area contributed by atoms with Crippen LogP contribution in [0.4, 0.5) is 0 Å². The van der Waals surface area contributed by atoms with Gasteiger partial charge in [0.2, 0.25) is 0 Å². The minimum Gasteiger partial charge on any atom is -0.493 e. The molecule has 1 aliphatic heterocycles. The zero-order chi connectivity index (χ0) is 17.7. The van der Waals surface area contributed by atoms with Crippen LogP contribution in [-0.4, -0.2) is 54.3 Å². The third-order valence-corrected chi connectivity index (χ3v) is 4.04. The van der Waals surface area contributed by atoms with E-state index in [1.54, 1.807) is 30.2 Å². The molecule has 1 amide bonds. The third kappa shape index (κ3) is 4.71. The number of rotatable bonds is 7. The van der Waals surface area contributed by atoms with Gasteiger partial charge in [-0.2, -0.15) is 0 Å². The molecule has 1 aromatic carbocycles. The Kier molecular flexibility index (Phi) is 6.20. The van der Waals surface area contributed by atoms with E-state index in [1.807, 2.05) is 6.07 Å². The van der Waals surface area contributed by atoms with Crippen molar-refractivity contribution >= 4 is 11.9 Å². The summed E-state index contributed by atoms with van der Waals surface area (Å²) in [5.74, 6) is -0.0588. The topological polar surface area (TPSA) is 76.1 Å². The standard InChI is InChI=1S/C18H25NO5/c1-12(2)11-24-15-6-4-5-13(7-15)18(22)19-10-16(23-3)8-14(19)9-17(20)21/h4-7,12,14,16H,8-11H2,1-3H3,(H,20,21). The van der Waals surface area contributed by atoms with E-state index in [4.69, 9.17) is 14.6 Å². The Morgan fingerprint density at radius 1 is 1.38 bits per heavy atom. The molecular formula is C18H25NO5. The maximum Gasteiger partial charge on any atom is 0.305 e. The molecule has 1 fully saturated rings. The minimum absolute atomic E-state index is 0.0743. The minimum atomic E-state index is -0.913. The van der Waals surface area contributed by atoms with Gasteiger partial charge < -0.3 is 19.5 Å². The van der Waals surface area contributed by atoms with Crippen LogP contribution in [0.2, 0.25) is 0 Å². The molecule has 2 rings (SSSR count). The van der Waals surface area contributed by atoms with Gasteiger partial charge in [0.25, 0.3) is 5.91 Å². The molecule has 6 heteroatoms. The lowest BCUT2D eigenvalue weighted by atomic mass is 10.1. The largest absolute Gasteiger partial charge is 0.493 e. The molecule has 0 spiro atoms. The maximum atomic E-state index is 12.8. The fraction of sp³-hybridized carbons (Fsp3) is 0.556. The molecule has 0 aromatic heterocycles. The summed E-state index contributed by atoms with van der Waals surface area (Å²) < 4.78 is 11.0. The van der Waals surface area contributed by atoms with Gasteiger partial charge >= 0.3 is 5.97 Å². The fourth-order valence-corrected chi connectivity index (χ4v) is 2.84. The summed E-state index contributed by atoms with van der Waals surface area (Å²) in [5, 5.41) is 9.07. The lowest BCUT2D eigenvalue weighted by Gasteiger charge is -2.23. The van der Waals surface area contributed by atoms with Crippen LogP contribution in [0, 0.1) is 5.92 Å². The Balaban J connectivity index is 2.13. The first-order chi connectivity index (χ1) is 11.4. The van der Waals surface area contributed by atoms with E-state index in [0.29, 0.717) is 36.8 Å². The van der Waals surface area contributed by atoms with Crippen molar-refractivity contribution in [2.75, 3.05) is 20.3 Å². The number of carboxylic acid groups (broad SMARTS) is 1. The molecule has 1 aromatic rings. The monoisotopic (exact) mass is 335 g/mol. The second-order valence-corrected chi connectivity index (χ2v) is 6.54. The van der Waals surface area contributed by atoms with Crippen LogP contribution >= 0.6 is 0 Å². The predicted molar refractivity (Wildman–Crippen MR) is 89.3 cm³/mol. The molecule has 1 N–H and O–H groups in total. The SMILES string of the molecule is COC1CC(CC(=O)O)N(C(=O)c2cccc(OCC(C)C)c2)C1. The highest BCUT2D eigenvalue weighted by molar-refractivity contribution is 5.95. The lowest BCUT2D eigenvalue weighted by Crippen LogP contribution is -2.37. The molecular weight excluding hydrogens is 310 g/mol. The van der Waals surface area contributed by atoms with Crippen LogP contribution in [-0.2, 0) is 9.53 Å². The summed E-state index contributed by atoms with van der Waals surface area (Å²) >= 11 is 0. The maximum absolute atomic E-state index is 12.8. The summed E-state index contributed by atoms with van der Waals surface area (Å²) in [5.41, 5.74) is 0.503. The van der Waals surface area contributed by atoms with Gasteiger partial charge in [0.05, 0.1) is 19.1 Å². The van der Waals surface area contributed by atoms with E-state index in [9.17, 15) is 9.59 Å². The van der Waals surface area contributed by atoms with Gasteiger partial charge in [-0.25, -0.2) is 0 Å². The highest BCUT2D eigenvalue weighted by Gasteiger charge is 2.36. The molecule has 6 nitrogen and oxygen atoms in total. The predicted octanol–water partition coefficient (Wildman–Crippen LogP) is 2.43. The van der Waals surface area contributed by atoms with Gasteiger partial charge in [0, 0.05) is 25.3 Å². The number of hydrogen-bond donors (Lipinski definition) is 1. The van der Waals surface area contributed by atoms with Crippen molar-refractivity contribution in [3.63, 3.8) is 0 Å². The number of aliphatic carboxylic acids is 1. The number of carbonyl (C=O) groups excluding carboxylic acids is 1. The van der Waals surface area contributed by atoms with Crippen LogP contribution in [0.5, 0.6) is 5.75 Å². The van der Waals surface area contributed by atoms with Crippen LogP contribution in [0.3, 0.4) is 0 Å². The van der Waals surface area contributed by atoms with Gasteiger partial charge in [-0.3, -0.25) is 9.59 Å². The molecule has 0 radical (unpaired) electrons. The van der Waals surface area contributed by atoms with Crippen LogP contribution < -0.4 is 4.74 Å². The second-order valence-electron chi connectivity index (χ2n) is 6.54. The van der Waals surface area contributed by atoms with Crippen molar-refractivity contribution in [1.82, 2.24) is 4.90 Å². The van der Waals surface area contributed by atoms with E-state index in [-0.39, 0.29) is 24.5 Å². The Bertz CT molecular complexity index is 587. The molecule has 0 saturated carbocycles. The van der Waals surface area contributed by atoms with Crippen molar-refractivity contribution in [3.05, 3.63) is 29.8 Å². The van der Waals surface area contributed by atoms with E-state index >= 15 is 0 Å². The Hall–Kier alpha value is -2.08. The number of hydrogen-bond acceptors (Lipinski definition) is 4. The molecule has 0 aliphatic carbocycles. The van der Waals surface area contributed by atoms with Gasteiger partial charge in [-0.1, -0.05) is 19.9 Å². The van der Waals surface area contributed by atoms with E-state index in [2.05, 4.69) is 13.8 Å². The average molecular weight is 335 g/mol. The lowest BCUT2D eigenvalue weighted by molar-refractivity contribution is -0.137. The number of amides is 1. The quantitative estimate of drug-likeness (QED) is 0.828. The molecule has 1 saturated heterocycles. The highest BCUT2D eigenvalue weighted by Crippen LogP contribution is 2.26. The van der Waals surface area contributed by atoms with E-state index < -0.39 is 5.97 Å². The van der Waals surface area contributed by atoms with Crippen LogP contribution in [0.1, 0.15) is 37.0 Å². The molecule has 0 bridgehead atoms. The third-order valence-electron chi connectivity index (χ3n) is 4.04. The van der Waals surface area contributed by atoms with Crippen molar-refractivity contribution in [2.45, 2.75) is 38.8 Å². The molecule has 2 unspecified atom stereocenters. The van der Waals surface area contributed by atoms with Gasteiger partial charge in [-0.15, -0.1) is 0 Å².